The van der Waals surface area contributed by atoms with Crippen molar-refractivity contribution in [1.29, 1.82) is 0 Å². The van der Waals surface area contributed by atoms with Gasteiger partial charge in [0.05, 0.1) is 38.1 Å². The molecule has 0 saturated carbocycles. The van der Waals surface area contributed by atoms with Gasteiger partial charge in [0, 0.05) is 12.3 Å². The van der Waals surface area contributed by atoms with E-state index in [0.717, 1.165) is 0 Å². The highest BCUT2D eigenvalue weighted by Crippen LogP contribution is 2.36. The fourth-order valence-corrected chi connectivity index (χ4v) is 3.23. The van der Waals surface area contributed by atoms with Crippen LogP contribution >= 0.6 is 34.8 Å². The van der Waals surface area contributed by atoms with Crippen LogP contribution in [0.15, 0.2) is 48.7 Å². The molecule has 0 aliphatic heterocycles. The second kappa shape index (κ2) is 10.1. The molecule has 3 N–H and O–H groups in total. The summed E-state index contributed by atoms with van der Waals surface area (Å²) < 4.78 is 13.5. The molecule has 1 aromatic heterocycles. The molecule has 2 aromatic carbocycles. The number of aliphatic hydroxyl groups is 1. The normalized spacial score (nSPS) is 12.2. The van der Waals surface area contributed by atoms with E-state index in [9.17, 15) is 14.3 Å². The second-order valence-electron chi connectivity index (χ2n) is 7.72. The van der Waals surface area contributed by atoms with Crippen LogP contribution in [0.2, 0.25) is 15.1 Å². The van der Waals surface area contributed by atoms with Crippen LogP contribution in [0.25, 0.3) is 0 Å². The van der Waals surface area contributed by atoms with Crippen molar-refractivity contribution in [3.05, 3.63) is 69.5 Å². The van der Waals surface area contributed by atoms with E-state index >= 15 is 0 Å². The minimum Gasteiger partial charge on any atom is -0.388 e. The number of carbonyl (C=O) groups excluding carboxylic acids is 1. The van der Waals surface area contributed by atoms with Crippen molar-refractivity contribution in [2.45, 2.75) is 32.4 Å². The molecule has 0 spiro atoms. The number of nitrogens with zero attached hydrogens (tertiary/aromatic N) is 3. The van der Waals surface area contributed by atoms with Gasteiger partial charge in [0.15, 0.2) is 0 Å². The Balaban J connectivity index is 1.99. The van der Waals surface area contributed by atoms with Gasteiger partial charge in [-0.05, 0) is 57.2 Å². The molecule has 3 aromatic rings. The Kier molecular flexibility index (Phi) is 7.64. The van der Waals surface area contributed by atoms with Crippen molar-refractivity contribution in [2.75, 3.05) is 15.5 Å². The SMILES string of the molecule is C[C@H](Nc1nccc(N(C(=O)Nc2ccc(Cl)c(Cl)c2Cl)c2ccc(F)cc2)n1)C(C)(C)O. The predicted molar refractivity (Wildman–Crippen MR) is 130 cm³/mol. The summed E-state index contributed by atoms with van der Waals surface area (Å²) in [7, 11) is 0. The molecule has 11 heteroatoms. The minimum atomic E-state index is -1.04. The third-order valence-electron chi connectivity index (χ3n) is 4.84. The van der Waals surface area contributed by atoms with Crippen LogP contribution in [0.5, 0.6) is 0 Å². The summed E-state index contributed by atoms with van der Waals surface area (Å²) in [6.45, 7) is 5.06. The average Bonchev–Trinajstić information content (AvgIpc) is 2.75. The molecule has 0 saturated heterocycles. The topological polar surface area (TPSA) is 90.4 Å². The van der Waals surface area contributed by atoms with Gasteiger partial charge >= 0.3 is 6.03 Å². The van der Waals surface area contributed by atoms with E-state index < -0.39 is 23.5 Å². The Bertz CT molecular complexity index is 1160. The molecule has 1 atom stereocenters. The number of aromatic nitrogens is 2. The Morgan fingerprint density at radius 2 is 1.76 bits per heavy atom. The number of rotatable bonds is 6. The number of benzene rings is 2. The van der Waals surface area contributed by atoms with Gasteiger partial charge in [-0.1, -0.05) is 34.8 Å². The summed E-state index contributed by atoms with van der Waals surface area (Å²) in [6, 6.07) is 8.79. The van der Waals surface area contributed by atoms with Crippen LogP contribution < -0.4 is 15.5 Å². The first-order valence-corrected chi connectivity index (χ1v) is 10.9. The highest BCUT2D eigenvalue weighted by atomic mass is 35.5. The van der Waals surface area contributed by atoms with Gasteiger partial charge in [-0.3, -0.25) is 0 Å². The van der Waals surface area contributed by atoms with Gasteiger partial charge in [0.25, 0.3) is 0 Å². The van der Waals surface area contributed by atoms with Gasteiger partial charge in [0.2, 0.25) is 5.95 Å². The highest BCUT2D eigenvalue weighted by molar-refractivity contribution is 6.49. The molecule has 33 heavy (non-hydrogen) atoms. The molecule has 3 rings (SSSR count). The maximum atomic E-state index is 13.5. The summed E-state index contributed by atoms with van der Waals surface area (Å²) in [4.78, 5) is 23.1. The first-order chi connectivity index (χ1) is 15.5. The number of nitrogens with one attached hydrogen (secondary N) is 2. The highest BCUT2D eigenvalue weighted by Gasteiger charge is 2.25. The lowest BCUT2D eigenvalue weighted by Crippen LogP contribution is -2.40. The molecule has 0 aliphatic carbocycles. The molecular weight excluding hydrogens is 492 g/mol. The maximum Gasteiger partial charge on any atom is 0.332 e. The number of carbonyl (C=O) groups is 1. The number of halogens is 4. The van der Waals surface area contributed by atoms with Crippen LogP contribution in [0, 0.1) is 5.82 Å². The molecule has 0 bridgehead atoms. The van der Waals surface area contributed by atoms with Gasteiger partial charge in [-0.25, -0.2) is 19.1 Å². The molecule has 7 nitrogen and oxygen atoms in total. The summed E-state index contributed by atoms with van der Waals surface area (Å²) in [5.41, 5.74) is -0.477. The van der Waals surface area contributed by atoms with Crippen LogP contribution in [0.4, 0.5) is 32.3 Å². The van der Waals surface area contributed by atoms with E-state index in [0.29, 0.717) is 5.69 Å². The van der Waals surface area contributed by atoms with Gasteiger partial charge in [0.1, 0.15) is 11.6 Å². The lowest BCUT2D eigenvalue weighted by atomic mass is 10.0. The van der Waals surface area contributed by atoms with E-state index in [2.05, 4.69) is 20.6 Å². The Morgan fingerprint density at radius 3 is 2.39 bits per heavy atom. The molecule has 2 amide bonds. The third-order valence-corrected chi connectivity index (χ3v) is 6.13. The fraction of sp³-hybridized carbons (Fsp3) is 0.227. The third kappa shape index (κ3) is 6.03. The second-order valence-corrected chi connectivity index (χ2v) is 8.89. The fourth-order valence-electron chi connectivity index (χ4n) is 2.65. The van der Waals surface area contributed by atoms with Crippen molar-refractivity contribution in [3.63, 3.8) is 0 Å². The van der Waals surface area contributed by atoms with Crippen molar-refractivity contribution in [3.8, 4) is 0 Å². The van der Waals surface area contributed by atoms with Crippen LogP contribution in [-0.4, -0.2) is 32.7 Å². The van der Waals surface area contributed by atoms with E-state index in [1.54, 1.807) is 20.8 Å². The zero-order chi connectivity index (χ0) is 24.3. The Morgan fingerprint density at radius 1 is 1.09 bits per heavy atom. The van der Waals surface area contributed by atoms with Gasteiger partial charge in [-0.2, -0.15) is 4.98 Å². The first kappa shape index (κ1) is 25.0. The van der Waals surface area contributed by atoms with Crippen molar-refractivity contribution in [1.82, 2.24) is 9.97 Å². The number of hydrogen-bond acceptors (Lipinski definition) is 5. The smallest absolute Gasteiger partial charge is 0.332 e. The largest absolute Gasteiger partial charge is 0.388 e. The lowest BCUT2D eigenvalue weighted by Gasteiger charge is -2.27. The average molecular weight is 513 g/mol. The van der Waals surface area contributed by atoms with Crippen LogP contribution in [0.3, 0.4) is 0 Å². The zero-order valence-electron chi connectivity index (χ0n) is 17.9. The summed E-state index contributed by atoms with van der Waals surface area (Å²) in [6.07, 6.45) is 1.46. The van der Waals surface area contributed by atoms with E-state index in [1.165, 1.54) is 53.6 Å². The molecule has 0 aliphatic rings. The standard InChI is InChI=1S/C22H21Cl3FN5O2/c1-12(22(2,3)33)28-20-27-11-10-17(30-20)31(14-6-4-13(26)5-7-14)21(32)29-16-9-8-15(23)18(24)19(16)25/h4-12,33H,1-3H3,(H,29,32)(H,27,28,30)/t12-/m0/s1. The van der Waals surface area contributed by atoms with E-state index in [-0.39, 0.29) is 32.5 Å². The van der Waals surface area contributed by atoms with Crippen molar-refractivity contribution >= 4 is 64.0 Å². The zero-order valence-corrected chi connectivity index (χ0v) is 20.2. The lowest BCUT2D eigenvalue weighted by molar-refractivity contribution is 0.0646. The summed E-state index contributed by atoms with van der Waals surface area (Å²) in [5.74, 6) is -0.0824. The monoisotopic (exact) mass is 511 g/mol. The van der Waals surface area contributed by atoms with Crippen LogP contribution in [0.1, 0.15) is 20.8 Å². The molecule has 174 valence electrons. The summed E-state index contributed by atoms with van der Waals surface area (Å²) in [5, 5.41) is 16.3. The predicted octanol–water partition coefficient (Wildman–Crippen LogP) is 6.52. The number of anilines is 4. The summed E-state index contributed by atoms with van der Waals surface area (Å²) >= 11 is 18.3. The van der Waals surface area contributed by atoms with E-state index in [1.807, 2.05) is 0 Å². The maximum absolute atomic E-state index is 13.5. The Labute approximate surface area is 205 Å². The molecule has 1 heterocycles. The molecule has 0 unspecified atom stereocenters. The number of hydrogen-bond donors (Lipinski definition) is 3. The van der Waals surface area contributed by atoms with Crippen LogP contribution in [-0.2, 0) is 0 Å². The number of amides is 2. The van der Waals surface area contributed by atoms with Crippen molar-refractivity contribution < 1.29 is 14.3 Å². The molecule has 0 fully saturated rings. The Hall–Kier alpha value is -2.65. The molecule has 0 radical (unpaired) electrons. The number of urea groups is 1. The van der Waals surface area contributed by atoms with Crippen molar-refractivity contribution in [2.24, 2.45) is 0 Å². The van der Waals surface area contributed by atoms with E-state index in [4.69, 9.17) is 34.8 Å². The molecular formula is C22H21Cl3FN5O2. The quantitative estimate of drug-likeness (QED) is 0.327. The van der Waals surface area contributed by atoms with Gasteiger partial charge < -0.3 is 15.7 Å². The minimum absolute atomic E-state index is 0.0700. The van der Waals surface area contributed by atoms with Gasteiger partial charge in [-0.15, -0.1) is 0 Å². The first-order valence-electron chi connectivity index (χ1n) is 9.79.